The molecular weight excluding hydrogens is 571 g/mol. The van der Waals surface area contributed by atoms with Gasteiger partial charge in [0, 0.05) is 36.0 Å². The zero-order valence-electron chi connectivity index (χ0n) is 26.7. The van der Waals surface area contributed by atoms with Crippen molar-refractivity contribution in [3.05, 3.63) is 54.1 Å². The second-order valence-corrected chi connectivity index (χ2v) is 14.0. The van der Waals surface area contributed by atoms with E-state index >= 15 is 0 Å². The van der Waals surface area contributed by atoms with Crippen LogP contribution in [0, 0.1) is 17.2 Å². The molecule has 1 saturated carbocycles. The van der Waals surface area contributed by atoms with E-state index in [1.165, 1.54) is 12.1 Å². The molecular formula is C36H43FN4O4. The van der Waals surface area contributed by atoms with Crippen LogP contribution in [0.2, 0.25) is 0 Å². The fourth-order valence-electron chi connectivity index (χ4n) is 7.32. The zero-order chi connectivity index (χ0) is 31.3. The molecule has 8 nitrogen and oxygen atoms in total. The maximum atomic E-state index is 14.0. The van der Waals surface area contributed by atoms with E-state index in [4.69, 9.17) is 24.3 Å². The standard InChI is InChI=1S/C36H43FN4O4/c1-22(2)20-44-35(42)40-13-12-36(21-40)17-27(18-36)45-34-29-16-30-25(19-38-41(30)31-7-5-6-14-43-31)15-28(29)32(33(39-34)23(3)4)24-8-10-26(37)11-9-24/h8-11,15-16,19,22-23,27,31H,5-7,12-14,17-18,20-21H2,1-4H3. The lowest BCUT2D eigenvalue weighted by Crippen LogP contribution is -2.46. The molecule has 2 saturated heterocycles. The number of nitrogens with zero attached hydrogens (tertiary/aromatic N) is 4. The lowest BCUT2D eigenvalue weighted by molar-refractivity contribution is -0.0366. The van der Waals surface area contributed by atoms with Gasteiger partial charge in [0.25, 0.3) is 0 Å². The molecule has 1 atom stereocenters. The Morgan fingerprint density at radius 3 is 2.62 bits per heavy atom. The van der Waals surface area contributed by atoms with Crippen molar-refractivity contribution in [1.29, 1.82) is 0 Å². The Labute approximate surface area is 263 Å². The number of rotatable bonds is 7. The number of likely N-dealkylation sites (tertiary alicyclic amines) is 1. The lowest BCUT2D eigenvalue weighted by atomic mass is 9.66. The van der Waals surface area contributed by atoms with Gasteiger partial charge in [0.1, 0.15) is 11.9 Å². The molecule has 1 aliphatic carbocycles. The lowest BCUT2D eigenvalue weighted by Gasteiger charge is -2.44. The topological polar surface area (TPSA) is 78.7 Å². The fraction of sp³-hybridized carbons (Fsp3) is 0.528. The first-order chi connectivity index (χ1) is 21.7. The Balaban J connectivity index is 1.24. The van der Waals surface area contributed by atoms with E-state index in [-0.39, 0.29) is 35.6 Å². The largest absolute Gasteiger partial charge is 0.474 e. The first-order valence-corrected chi connectivity index (χ1v) is 16.5. The molecule has 0 radical (unpaired) electrons. The Hall–Kier alpha value is -3.72. The third-order valence-corrected chi connectivity index (χ3v) is 9.66. The van der Waals surface area contributed by atoms with Crippen LogP contribution in [0.4, 0.5) is 9.18 Å². The van der Waals surface area contributed by atoms with E-state index in [0.29, 0.717) is 24.9 Å². The van der Waals surface area contributed by atoms with Crippen LogP contribution in [0.25, 0.3) is 32.8 Å². The minimum absolute atomic E-state index is 0.00584. The van der Waals surface area contributed by atoms with Crippen molar-refractivity contribution in [2.75, 3.05) is 26.3 Å². The predicted octanol–water partition coefficient (Wildman–Crippen LogP) is 8.24. The highest BCUT2D eigenvalue weighted by molar-refractivity contribution is 6.06. The quantitative estimate of drug-likeness (QED) is 0.209. The van der Waals surface area contributed by atoms with Gasteiger partial charge in [-0.05, 0) is 91.0 Å². The van der Waals surface area contributed by atoms with Gasteiger partial charge in [0.2, 0.25) is 5.88 Å². The third-order valence-electron chi connectivity index (χ3n) is 9.66. The van der Waals surface area contributed by atoms with E-state index in [1.807, 2.05) is 41.8 Å². The van der Waals surface area contributed by atoms with Crippen molar-refractivity contribution in [1.82, 2.24) is 19.7 Å². The number of ether oxygens (including phenoxy) is 3. The average molecular weight is 615 g/mol. The predicted molar refractivity (Wildman–Crippen MR) is 172 cm³/mol. The molecule has 2 aromatic heterocycles. The Kier molecular flexibility index (Phi) is 7.92. The first-order valence-electron chi connectivity index (χ1n) is 16.5. The highest BCUT2D eigenvalue weighted by Crippen LogP contribution is 2.50. The highest BCUT2D eigenvalue weighted by atomic mass is 19.1. The summed E-state index contributed by atoms with van der Waals surface area (Å²) in [6, 6.07) is 11.0. The maximum Gasteiger partial charge on any atom is 0.409 e. The minimum atomic E-state index is -0.268. The molecule has 4 heterocycles. The van der Waals surface area contributed by atoms with Crippen molar-refractivity contribution in [3.8, 4) is 17.0 Å². The second-order valence-electron chi connectivity index (χ2n) is 14.0. The molecule has 9 heteroatoms. The zero-order valence-corrected chi connectivity index (χ0v) is 26.7. The van der Waals surface area contributed by atoms with Crippen LogP contribution in [-0.4, -0.2) is 58.2 Å². The SMILES string of the molecule is CC(C)COC(=O)N1CCC2(CC(Oc3nc(C(C)C)c(-c4ccc(F)cc4)c4cc5cnn(C6CCCCO6)c5cc34)C2)C1. The van der Waals surface area contributed by atoms with Crippen molar-refractivity contribution in [2.45, 2.75) is 84.5 Å². The third kappa shape index (κ3) is 5.75. The highest BCUT2D eigenvalue weighted by Gasteiger charge is 2.51. The summed E-state index contributed by atoms with van der Waals surface area (Å²) in [4.78, 5) is 19.7. The summed E-state index contributed by atoms with van der Waals surface area (Å²) in [5, 5.41) is 7.71. The van der Waals surface area contributed by atoms with Gasteiger partial charge >= 0.3 is 6.09 Å². The van der Waals surface area contributed by atoms with Gasteiger partial charge in [0.15, 0.2) is 6.23 Å². The van der Waals surface area contributed by atoms with E-state index < -0.39 is 0 Å². The summed E-state index contributed by atoms with van der Waals surface area (Å²) < 4.78 is 34.4. The summed E-state index contributed by atoms with van der Waals surface area (Å²) >= 11 is 0. The number of pyridine rings is 1. The number of hydrogen-bond donors (Lipinski definition) is 0. The molecule has 0 bridgehead atoms. The van der Waals surface area contributed by atoms with Crippen LogP contribution in [0.5, 0.6) is 5.88 Å². The first kappa shape index (κ1) is 30.0. The summed E-state index contributed by atoms with van der Waals surface area (Å²) in [7, 11) is 0. The molecule has 2 aromatic carbocycles. The van der Waals surface area contributed by atoms with Crippen molar-refractivity contribution in [2.24, 2.45) is 11.3 Å². The summed E-state index contributed by atoms with van der Waals surface area (Å²) in [5.74, 6) is 0.772. The maximum absolute atomic E-state index is 14.0. The molecule has 238 valence electrons. The van der Waals surface area contributed by atoms with E-state index in [2.05, 4.69) is 26.0 Å². The number of amides is 1. The monoisotopic (exact) mass is 614 g/mol. The number of hydrogen-bond acceptors (Lipinski definition) is 6. The van der Waals surface area contributed by atoms with Crippen molar-refractivity contribution >= 4 is 27.8 Å². The number of halogens is 1. The van der Waals surface area contributed by atoms with E-state index in [1.54, 1.807) is 0 Å². The van der Waals surface area contributed by atoms with Crippen LogP contribution in [0.1, 0.15) is 84.1 Å². The number of carbonyl (C=O) groups is 1. The van der Waals surface area contributed by atoms with Gasteiger partial charge in [-0.25, -0.2) is 18.9 Å². The van der Waals surface area contributed by atoms with Gasteiger partial charge in [-0.1, -0.05) is 39.8 Å². The normalized spacial score (nSPS) is 23.4. The van der Waals surface area contributed by atoms with Gasteiger partial charge < -0.3 is 19.1 Å². The average Bonchev–Trinajstić information content (AvgIpc) is 3.65. The van der Waals surface area contributed by atoms with Crippen LogP contribution >= 0.6 is 0 Å². The summed E-state index contributed by atoms with van der Waals surface area (Å²) in [6.45, 7) is 11.0. The van der Waals surface area contributed by atoms with E-state index in [9.17, 15) is 9.18 Å². The van der Waals surface area contributed by atoms with Gasteiger partial charge in [-0.3, -0.25) is 0 Å². The second kappa shape index (κ2) is 11.9. The smallest absolute Gasteiger partial charge is 0.409 e. The van der Waals surface area contributed by atoms with Gasteiger partial charge in [-0.15, -0.1) is 0 Å². The van der Waals surface area contributed by atoms with Gasteiger partial charge in [0.05, 0.1) is 24.0 Å². The molecule has 3 fully saturated rings. The Morgan fingerprint density at radius 1 is 1.11 bits per heavy atom. The van der Waals surface area contributed by atoms with Crippen LogP contribution in [0.3, 0.4) is 0 Å². The molecule has 4 aromatic rings. The molecule has 1 unspecified atom stereocenters. The van der Waals surface area contributed by atoms with Gasteiger partial charge in [-0.2, -0.15) is 5.10 Å². The van der Waals surface area contributed by atoms with E-state index in [0.717, 1.165) is 90.2 Å². The molecule has 45 heavy (non-hydrogen) atoms. The molecule has 3 aliphatic rings. The van der Waals surface area contributed by atoms with Crippen LogP contribution in [0.15, 0.2) is 42.6 Å². The minimum Gasteiger partial charge on any atom is -0.474 e. The number of carbonyl (C=O) groups excluding carboxylic acids is 1. The molecule has 0 N–H and O–H groups in total. The Bertz CT molecular complexity index is 1700. The number of benzene rings is 2. The number of aromatic nitrogens is 3. The summed E-state index contributed by atoms with van der Waals surface area (Å²) in [5.41, 5.74) is 3.88. The molecule has 2 aliphatic heterocycles. The number of fused-ring (bicyclic) bond motifs is 2. The van der Waals surface area contributed by atoms with Crippen LogP contribution in [-0.2, 0) is 9.47 Å². The van der Waals surface area contributed by atoms with Crippen molar-refractivity contribution in [3.63, 3.8) is 0 Å². The molecule has 7 rings (SSSR count). The molecule has 1 spiro atoms. The van der Waals surface area contributed by atoms with Crippen molar-refractivity contribution < 1.29 is 23.4 Å². The fourth-order valence-corrected chi connectivity index (χ4v) is 7.32. The Morgan fingerprint density at radius 2 is 1.91 bits per heavy atom. The van der Waals surface area contributed by atoms with Crippen LogP contribution < -0.4 is 4.74 Å². The molecule has 1 amide bonds. The summed E-state index contributed by atoms with van der Waals surface area (Å²) in [6.07, 6.45) is 7.41.